The monoisotopic (exact) mass is 441 g/mol. The molecule has 2 N–H and O–H groups in total. The fourth-order valence-corrected chi connectivity index (χ4v) is 3.25. The first-order chi connectivity index (χ1) is 15.0. The molecule has 0 spiro atoms. The summed E-state index contributed by atoms with van der Waals surface area (Å²) in [6.45, 7) is 6.25. The smallest absolute Gasteiger partial charge is 0.257 e. The highest BCUT2D eigenvalue weighted by Gasteiger charge is 2.19. The van der Waals surface area contributed by atoms with Gasteiger partial charge in [0, 0.05) is 29.9 Å². The quantitative estimate of drug-likeness (QED) is 0.669. The lowest BCUT2D eigenvalue weighted by Crippen LogP contribution is -2.40. The minimum atomic E-state index is -0.340. The zero-order valence-electron chi connectivity index (χ0n) is 17.7. The molecule has 0 aliphatic carbocycles. The van der Waals surface area contributed by atoms with Crippen LogP contribution in [0.4, 0.5) is 5.69 Å². The van der Waals surface area contributed by atoms with Crippen LogP contribution < -0.4 is 15.4 Å². The maximum atomic E-state index is 12.7. The first-order valence-electron chi connectivity index (χ1n) is 10.3. The molecule has 7 nitrogen and oxygen atoms in total. The fourth-order valence-electron chi connectivity index (χ4n) is 3.04. The van der Waals surface area contributed by atoms with Crippen LogP contribution in [0.5, 0.6) is 5.75 Å². The predicted octanol–water partition coefficient (Wildman–Crippen LogP) is 3.46. The number of benzene rings is 2. The van der Waals surface area contributed by atoms with Crippen LogP contribution in [0.3, 0.4) is 0 Å². The van der Waals surface area contributed by atoms with E-state index in [1.54, 1.807) is 47.4 Å². The number of hydrogen-bond donors (Lipinski definition) is 2. The number of anilines is 1. The maximum Gasteiger partial charge on any atom is 0.257 e. The molecule has 2 aromatic rings. The summed E-state index contributed by atoms with van der Waals surface area (Å²) in [4.78, 5) is 27.0. The van der Waals surface area contributed by atoms with E-state index in [0.717, 1.165) is 6.42 Å². The Kier molecular flexibility index (Phi) is 7.97. The lowest BCUT2D eigenvalue weighted by atomic mass is 10.1. The summed E-state index contributed by atoms with van der Waals surface area (Å²) in [5, 5.41) is 5.78. The molecule has 1 heterocycles. The summed E-state index contributed by atoms with van der Waals surface area (Å²) >= 11 is 5.28. The molecule has 3 rings (SSSR count). The molecule has 0 saturated carbocycles. The Hall–Kier alpha value is -2.97. The molecule has 0 bridgehead atoms. The second-order valence-electron chi connectivity index (χ2n) is 7.26. The van der Waals surface area contributed by atoms with Crippen molar-refractivity contribution in [1.82, 2.24) is 10.2 Å². The van der Waals surface area contributed by atoms with E-state index < -0.39 is 0 Å². The van der Waals surface area contributed by atoms with Crippen molar-refractivity contribution in [3.8, 4) is 5.75 Å². The van der Waals surface area contributed by atoms with Crippen LogP contribution in [0.15, 0.2) is 48.5 Å². The van der Waals surface area contributed by atoms with Crippen LogP contribution in [0.2, 0.25) is 0 Å². The molecule has 31 heavy (non-hydrogen) atoms. The minimum Gasteiger partial charge on any atom is -0.491 e. The van der Waals surface area contributed by atoms with Crippen molar-refractivity contribution in [3.63, 3.8) is 0 Å². The van der Waals surface area contributed by atoms with Gasteiger partial charge in [-0.1, -0.05) is 19.1 Å². The summed E-state index contributed by atoms with van der Waals surface area (Å²) in [5.41, 5.74) is 1.62. The minimum absolute atomic E-state index is 0.0555. The summed E-state index contributed by atoms with van der Waals surface area (Å²) in [6.07, 6.45) is 0.936. The number of amides is 2. The number of ether oxygens (including phenoxy) is 2. The van der Waals surface area contributed by atoms with Gasteiger partial charge >= 0.3 is 0 Å². The van der Waals surface area contributed by atoms with Crippen LogP contribution in [-0.2, 0) is 4.74 Å². The molecule has 2 amide bonds. The van der Waals surface area contributed by atoms with Crippen molar-refractivity contribution < 1.29 is 19.1 Å². The molecule has 1 saturated heterocycles. The Labute approximate surface area is 187 Å². The van der Waals surface area contributed by atoms with Gasteiger partial charge in [-0.05, 0) is 62.0 Å². The highest BCUT2D eigenvalue weighted by molar-refractivity contribution is 7.80. The standard InChI is InChI=1S/C23H27N3O4S/c1-3-16(2)30-20-9-5-6-17(15-20)21(27)25-23(31)24-19-8-4-7-18(14-19)22(28)26-10-12-29-13-11-26/h4-9,14-16H,3,10-13H2,1-2H3,(H2,24,25,27,31). The van der Waals surface area contributed by atoms with Gasteiger partial charge in [0.2, 0.25) is 0 Å². The molecule has 164 valence electrons. The van der Waals surface area contributed by atoms with Crippen LogP contribution in [-0.4, -0.2) is 54.2 Å². The topological polar surface area (TPSA) is 79.9 Å². The summed E-state index contributed by atoms with van der Waals surface area (Å²) < 4.78 is 11.1. The highest BCUT2D eigenvalue weighted by atomic mass is 32.1. The Bertz CT molecular complexity index is 944. The first kappa shape index (κ1) is 22.7. The van der Waals surface area contributed by atoms with Gasteiger partial charge < -0.3 is 19.7 Å². The van der Waals surface area contributed by atoms with Crippen molar-refractivity contribution in [2.45, 2.75) is 26.4 Å². The third-order valence-electron chi connectivity index (χ3n) is 4.90. The fraction of sp³-hybridized carbons (Fsp3) is 0.348. The zero-order valence-corrected chi connectivity index (χ0v) is 18.5. The van der Waals surface area contributed by atoms with Crippen LogP contribution in [0.25, 0.3) is 0 Å². The van der Waals surface area contributed by atoms with E-state index in [-0.39, 0.29) is 23.0 Å². The van der Waals surface area contributed by atoms with Gasteiger partial charge in [0.25, 0.3) is 11.8 Å². The van der Waals surface area contributed by atoms with Gasteiger partial charge in [-0.3, -0.25) is 14.9 Å². The van der Waals surface area contributed by atoms with Crippen LogP contribution in [0.1, 0.15) is 41.0 Å². The van der Waals surface area contributed by atoms with Gasteiger partial charge in [0.05, 0.1) is 19.3 Å². The number of carbonyl (C=O) groups is 2. The number of rotatable bonds is 6. The highest BCUT2D eigenvalue weighted by Crippen LogP contribution is 2.17. The van der Waals surface area contributed by atoms with Gasteiger partial charge in [0.1, 0.15) is 5.75 Å². The molecular formula is C23H27N3O4S. The number of morpholine rings is 1. The van der Waals surface area contributed by atoms with Crippen molar-refractivity contribution in [3.05, 3.63) is 59.7 Å². The number of carbonyl (C=O) groups excluding carboxylic acids is 2. The van der Waals surface area contributed by atoms with Gasteiger partial charge in [-0.2, -0.15) is 0 Å². The van der Waals surface area contributed by atoms with E-state index in [1.807, 2.05) is 19.9 Å². The van der Waals surface area contributed by atoms with Crippen molar-refractivity contribution >= 4 is 34.8 Å². The van der Waals surface area contributed by atoms with Gasteiger partial charge in [-0.15, -0.1) is 0 Å². The van der Waals surface area contributed by atoms with Crippen molar-refractivity contribution in [2.24, 2.45) is 0 Å². The Morgan fingerprint density at radius 3 is 2.58 bits per heavy atom. The van der Waals surface area contributed by atoms with E-state index in [9.17, 15) is 9.59 Å². The second-order valence-corrected chi connectivity index (χ2v) is 7.67. The molecule has 1 aliphatic heterocycles. The number of hydrogen-bond acceptors (Lipinski definition) is 5. The van der Waals surface area contributed by atoms with Gasteiger partial charge in [0.15, 0.2) is 5.11 Å². The van der Waals surface area contributed by atoms with E-state index >= 15 is 0 Å². The lowest BCUT2D eigenvalue weighted by molar-refractivity contribution is 0.0303. The van der Waals surface area contributed by atoms with E-state index in [2.05, 4.69) is 10.6 Å². The molecular weight excluding hydrogens is 414 g/mol. The summed E-state index contributed by atoms with van der Waals surface area (Å²) in [6, 6.07) is 14.0. The molecule has 1 unspecified atom stereocenters. The molecule has 0 radical (unpaired) electrons. The van der Waals surface area contributed by atoms with Crippen LogP contribution >= 0.6 is 12.2 Å². The molecule has 0 aromatic heterocycles. The van der Waals surface area contributed by atoms with E-state index in [0.29, 0.717) is 48.9 Å². The van der Waals surface area contributed by atoms with Gasteiger partial charge in [-0.25, -0.2) is 0 Å². The summed E-state index contributed by atoms with van der Waals surface area (Å²) in [7, 11) is 0. The molecule has 2 aromatic carbocycles. The maximum absolute atomic E-state index is 12.7. The number of nitrogens with zero attached hydrogens (tertiary/aromatic N) is 1. The molecule has 1 atom stereocenters. The normalized spacial score (nSPS) is 14.5. The molecule has 8 heteroatoms. The third kappa shape index (κ3) is 6.50. The lowest BCUT2D eigenvalue weighted by Gasteiger charge is -2.27. The average Bonchev–Trinajstić information content (AvgIpc) is 2.79. The van der Waals surface area contributed by atoms with E-state index in [1.165, 1.54) is 0 Å². The van der Waals surface area contributed by atoms with E-state index in [4.69, 9.17) is 21.7 Å². The predicted molar refractivity (Wildman–Crippen MR) is 124 cm³/mol. The Morgan fingerprint density at radius 2 is 1.84 bits per heavy atom. The SMILES string of the molecule is CCC(C)Oc1cccc(C(=O)NC(=S)Nc2cccc(C(=O)N3CCOCC3)c2)c1. The Balaban J connectivity index is 1.60. The molecule has 1 aliphatic rings. The van der Waals surface area contributed by atoms with Crippen LogP contribution in [0, 0.1) is 0 Å². The third-order valence-corrected chi connectivity index (χ3v) is 5.11. The van der Waals surface area contributed by atoms with Crippen molar-refractivity contribution in [1.29, 1.82) is 0 Å². The number of nitrogens with one attached hydrogen (secondary N) is 2. The molecule has 1 fully saturated rings. The Morgan fingerprint density at radius 1 is 1.13 bits per heavy atom. The largest absolute Gasteiger partial charge is 0.491 e. The van der Waals surface area contributed by atoms with Crippen molar-refractivity contribution in [2.75, 3.05) is 31.6 Å². The number of thiocarbonyl (C=S) groups is 1. The summed E-state index contributed by atoms with van der Waals surface area (Å²) in [5.74, 6) is 0.239. The first-order valence-corrected chi connectivity index (χ1v) is 10.7. The average molecular weight is 442 g/mol. The zero-order chi connectivity index (χ0) is 22.2. The second kappa shape index (κ2) is 10.9.